The molecule has 0 amide bonds. The summed E-state index contributed by atoms with van der Waals surface area (Å²) in [6.07, 6.45) is 2.35. The summed E-state index contributed by atoms with van der Waals surface area (Å²) in [6, 6.07) is 3.47. The molecule has 0 spiro atoms. The molecule has 6 nitrogen and oxygen atoms in total. The number of rotatable bonds is 10. The van der Waals surface area contributed by atoms with Gasteiger partial charge in [0, 0.05) is 17.9 Å². The second-order valence-corrected chi connectivity index (χ2v) is 6.81. The van der Waals surface area contributed by atoms with Gasteiger partial charge in [-0.1, -0.05) is 6.92 Å². The van der Waals surface area contributed by atoms with Crippen molar-refractivity contribution in [2.24, 2.45) is 0 Å². The molecule has 2 N–H and O–H groups in total. The Morgan fingerprint density at radius 1 is 1.20 bits per heavy atom. The van der Waals surface area contributed by atoms with E-state index in [1.807, 2.05) is 7.05 Å². The minimum Gasteiger partial charge on any atom is -0.466 e. The van der Waals surface area contributed by atoms with Crippen LogP contribution in [-0.2, 0) is 20.8 Å². The van der Waals surface area contributed by atoms with Crippen LogP contribution in [0.1, 0.15) is 49.0 Å². The number of nitrogens with zero attached hydrogens (tertiary/aromatic N) is 1. The number of unbranched alkanes of at least 4 members (excludes halogenated alkanes) is 1. The van der Waals surface area contributed by atoms with Crippen molar-refractivity contribution in [3.8, 4) is 0 Å². The van der Waals surface area contributed by atoms with E-state index in [1.165, 1.54) is 6.92 Å². The number of nitrogens with two attached hydrogens (primary N) is 1. The van der Waals surface area contributed by atoms with Gasteiger partial charge in [-0.15, -0.1) is 0 Å². The fourth-order valence-corrected chi connectivity index (χ4v) is 2.84. The third-order valence-electron chi connectivity index (χ3n) is 3.57. The summed E-state index contributed by atoms with van der Waals surface area (Å²) in [7, 11) is 2.02. The summed E-state index contributed by atoms with van der Waals surface area (Å²) < 4.78 is 10.8. The van der Waals surface area contributed by atoms with Crippen molar-refractivity contribution in [2.75, 3.05) is 32.5 Å². The Morgan fingerprint density at radius 2 is 1.84 bits per heavy atom. The van der Waals surface area contributed by atoms with Crippen molar-refractivity contribution in [3.05, 3.63) is 27.7 Å². The maximum absolute atomic E-state index is 12.2. The lowest BCUT2D eigenvalue weighted by molar-refractivity contribution is -0.141. The van der Waals surface area contributed by atoms with E-state index >= 15 is 0 Å². The van der Waals surface area contributed by atoms with E-state index in [4.69, 9.17) is 15.2 Å². The first kappa shape index (κ1) is 21.4. The number of esters is 2. The van der Waals surface area contributed by atoms with E-state index in [0.717, 1.165) is 18.5 Å². The third kappa shape index (κ3) is 7.88. The Kier molecular flexibility index (Phi) is 9.52. The van der Waals surface area contributed by atoms with Gasteiger partial charge >= 0.3 is 11.9 Å². The molecule has 0 atom stereocenters. The monoisotopic (exact) mass is 414 g/mol. The average Bonchev–Trinajstić information content (AvgIpc) is 2.54. The van der Waals surface area contributed by atoms with Crippen LogP contribution in [-0.4, -0.2) is 43.6 Å². The summed E-state index contributed by atoms with van der Waals surface area (Å²) >= 11 is 3.41. The molecule has 0 unspecified atom stereocenters. The van der Waals surface area contributed by atoms with Crippen LogP contribution >= 0.6 is 15.9 Å². The van der Waals surface area contributed by atoms with Gasteiger partial charge in [-0.2, -0.15) is 0 Å². The van der Waals surface area contributed by atoms with E-state index in [1.54, 1.807) is 12.1 Å². The molecule has 0 heterocycles. The molecule has 0 saturated heterocycles. The van der Waals surface area contributed by atoms with Gasteiger partial charge in [-0.3, -0.25) is 4.79 Å². The van der Waals surface area contributed by atoms with Crippen LogP contribution in [0.3, 0.4) is 0 Å². The number of anilines is 1. The molecular weight excluding hydrogens is 388 g/mol. The van der Waals surface area contributed by atoms with E-state index in [0.29, 0.717) is 41.7 Å². The van der Waals surface area contributed by atoms with Crippen LogP contribution in [0.25, 0.3) is 0 Å². The van der Waals surface area contributed by atoms with Crippen LogP contribution in [0.5, 0.6) is 0 Å². The second kappa shape index (κ2) is 11.1. The standard InChI is InChI=1S/C18H27BrN2O4/c1-4-7-21(3)12-15-10-14(11-16(19)17(15)20)18(23)25-9-6-5-8-24-13(2)22/h10-11H,4-9,12,20H2,1-3H3. The van der Waals surface area contributed by atoms with E-state index in [9.17, 15) is 9.59 Å². The molecule has 0 bridgehead atoms. The number of carbonyl (C=O) groups excluding carboxylic acids is 2. The van der Waals surface area contributed by atoms with Gasteiger partial charge in [0.15, 0.2) is 0 Å². The van der Waals surface area contributed by atoms with Crippen LogP contribution < -0.4 is 5.73 Å². The van der Waals surface area contributed by atoms with Crippen molar-refractivity contribution in [3.63, 3.8) is 0 Å². The number of halogens is 1. The lowest BCUT2D eigenvalue weighted by Gasteiger charge is -2.18. The summed E-state index contributed by atoms with van der Waals surface area (Å²) in [4.78, 5) is 25.0. The summed E-state index contributed by atoms with van der Waals surface area (Å²) in [6.45, 7) is 5.73. The van der Waals surface area contributed by atoms with Crippen molar-refractivity contribution < 1.29 is 19.1 Å². The zero-order valence-electron chi connectivity index (χ0n) is 15.1. The first-order valence-electron chi connectivity index (χ1n) is 8.42. The average molecular weight is 415 g/mol. The van der Waals surface area contributed by atoms with Gasteiger partial charge in [0.2, 0.25) is 0 Å². The molecule has 1 aromatic carbocycles. The highest BCUT2D eigenvalue weighted by Crippen LogP contribution is 2.27. The molecule has 7 heteroatoms. The van der Waals surface area contributed by atoms with Crippen LogP contribution in [0.15, 0.2) is 16.6 Å². The number of carbonyl (C=O) groups is 2. The first-order valence-corrected chi connectivity index (χ1v) is 9.21. The predicted octanol–water partition coefficient (Wildman–Crippen LogP) is 3.37. The lowest BCUT2D eigenvalue weighted by atomic mass is 10.1. The fraction of sp³-hybridized carbons (Fsp3) is 0.556. The zero-order chi connectivity index (χ0) is 18.8. The van der Waals surface area contributed by atoms with Gasteiger partial charge in [0.25, 0.3) is 0 Å². The van der Waals surface area contributed by atoms with Gasteiger partial charge < -0.3 is 20.1 Å². The molecule has 0 aliphatic heterocycles. The zero-order valence-corrected chi connectivity index (χ0v) is 16.7. The molecule has 140 valence electrons. The SMILES string of the molecule is CCCN(C)Cc1cc(C(=O)OCCCCOC(C)=O)cc(Br)c1N. The Bertz CT molecular complexity index is 593. The minimum absolute atomic E-state index is 0.285. The summed E-state index contributed by atoms with van der Waals surface area (Å²) in [5, 5.41) is 0. The number of hydrogen-bond acceptors (Lipinski definition) is 6. The predicted molar refractivity (Wildman–Crippen MR) is 101 cm³/mol. The first-order chi connectivity index (χ1) is 11.8. The Balaban J connectivity index is 2.60. The number of benzene rings is 1. The maximum atomic E-state index is 12.2. The quantitative estimate of drug-likeness (QED) is 0.359. The molecule has 0 fully saturated rings. The smallest absolute Gasteiger partial charge is 0.338 e. The highest BCUT2D eigenvalue weighted by Gasteiger charge is 2.14. The molecule has 1 rings (SSSR count). The van der Waals surface area contributed by atoms with Crippen molar-refractivity contribution >= 4 is 33.6 Å². The Labute approximate surface area is 157 Å². The van der Waals surface area contributed by atoms with Gasteiger partial charge in [0.1, 0.15) is 0 Å². The molecule has 25 heavy (non-hydrogen) atoms. The molecule has 0 aliphatic carbocycles. The molecule has 0 aromatic heterocycles. The van der Waals surface area contributed by atoms with Crippen molar-refractivity contribution in [1.29, 1.82) is 0 Å². The van der Waals surface area contributed by atoms with Gasteiger partial charge in [-0.25, -0.2) is 4.79 Å². The Hall–Kier alpha value is -1.60. The lowest BCUT2D eigenvalue weighted by Crippen LogP contribution is -2.20. The summed E-state index contributed by atoms with van der Waals surface area (Å²) in [5.41, 5.74) is 8.12. The van der Waals surface area contributed by atoms with Crippen molar-refractivity contribution in [1.82, 2.24) is 4.90 Å². The molecule has 0 aliphatic rings. The second-order valence-electron chi connectivity index (χ2n) is 5.95. The number of hydrogen-bond donors (Lipinski definition) is 1. The van der Waals surface area contributed by atoms with Crippen molar-refractivity contribution in [2.45, 2.75) is 39.7 Å². The molecule has 1 aromatic rings. The highest BCUT2D eigenvalue weighted by molar-refractivity contribution is 9.10. The topological polar surface area (TPSA) is 81.9 Å². The van der Waals surface area contributed by atoms with E-state index < -0.39 is 0 Å². The third-order valence-corrected chi connectivity index (χ3v) is 4.23. The largest absolute Gasteiger partial charge is 0.466 e. The molecule has 0 saturated carbocycles. The Morgan fingerprint density at radius 3 is 2.44 bits per heavy atom. The van der Waals surface area contributed by atoms with Crippen LogP contribution in [0.2, 0.25) is 0 Å². The van der Waals surface area contributed by atoms with E-state index in [2.05, 4.69) is 27.8 Å². The van der Waals surface area contributed by atoms with E-state index in [-0.39, 0.29) is 18.5 Å². The fourth-order valence-electron chi connectivity index (χ4n) is 2.34. The van der Waals surface area contributed by atoms with Gasteiger partial charge in [0.05, 0.1) is 24.5 Å². The van der Waals surface area contributed by atoms with Gasteiger partial charge in [-0.05, 0) is 66.5 Å². The number of ether oxygens (including phenoxy) is 2. The summed E-state index contributed by atoms with van der Waals surface area (Å²) in [5.74, 6) is -0.683. The van der Waals surface area contributed by atoms with Crippen LogP contribution in [0.4, 0.5) is 5.69 Å². The molecular formula is C18H27BrN2O4. The minimum atomic E-state index is -0.382. The molecule has 0 radical (unpaired) electrons. The maximum Gasteiger partial charge on any atom is 0.338 e. The van der Waals surface area contributed by atoms with Crippen LogP contribution in [0, 0.1) is 0 Å². The number of nitrogen functional groups attached to an aromatic ring is 1. The highest BCUT2D eigenvalue weighted by atomic mass is 79.9. The normalized spacial score (nSPS) is 10.8.